The number of hydrogen-bond donors (Lipinski definition) is 3. The molecule has 4 aromatic carbocycles. The van der Waals surface area contributed by atoms with Gasteiger partial charge in [-0.1, -0.05) is 84.2 Å². The first kappa shape index (κ1) is 38.3. The summed E-state index contributed by atoms with van der Waals surface area (Å²) in [4.78, 5) is 35.7. The van der Waals surface area contributed by atoms with Gasteiger partial charge in [0.05, 0.1) is 34.7 Å². The Kier molecular flexibility index (Phi) is 10.5. The van der Waals surface area contributed by atoms with Crippen LogP contribution in [0.5, 0.6) is 0 Å². The van der Waals surface area contributed by atoms with Crippen molar-refractivity contribution >= 4 is 80.2 Å². The highest BCUT2D eigenvalue weighted by Crippen LogP contribution is 2.53. The van der Waals surface area contributed by atoms with Crippen molar-refractivity contribution in [3.05, 3.63) is 140 Å². The predicted molar refractivity (Wildman–Crippen MR) is 231 cm³/mol. The summed E-state index contributed by atoms with van der Waals surface area (Å²) in [6.07, 6.45) is 7.80. The number of nitrogens with one attached hydrogen (secondary N) is 3. The van der Waals surface area contributed by atoms with Gasteiger partial charge in [0.25, 0.3) is 5.91 Å². The maximum Gasteiger partial charge on any atom is 0.272 e. The molecule has 2 fully saturated rings. The summed E-state index contributed by atoms with van der Waals surface area (Å²) in [6, 6.07) is 27.0. The van der Waals surface area contributed by atoms with Crippen molar-refractivity contribution in [2.45, 2.75) is 57.2 Å². The molecular weight excluding hydrogens is 791 g/mol. The molecule has 9 nitrogen and oxygen atoms in total. The number of carbonyl (C=O) groups excluding carboxylic acids is 2. The molecule has 0 bridgehead atoms. The molecule has 0 radical (unpaired) electrons. The maximum atomic E-state index is 15.0. The van der Waals surface area contributed by atoms with Crippen molar-refractivity contribution in [1.82, 2.24) is 15.2 Å². The molecule has 9 rings (SSSR count). The number of anilines is 2. The van der Waals surface area contributed by atoms with E-state index in [1.807, 2.05) is 48.5 Å². The number of allylic oxidation sites excluding steroid dienone is 2. The Labute approximate surface area is 352 Å². The van der Waals surface area contributed by atoms with E-state index in [1.54, 1.807) is 18.2 Å². The van der Waals surface area contributed by atoms with Crippen LogP contribution in [0.2, 0.25) is 15.1 Å². The smallest absolute Gasteiger partial charge is 0.272 e. The number of carbonyl (C=O) groups is 2. The fourth-order valence-electron chi connectivity index (χ4n) is 9.11. The van der Waals surface area contributed by atoms with E-state index in [1.165, 1.54) is 0 Å². The summed E-state index contributed by atoms with van der Waals surface area (Å²) < 4.78 is 5.60. The predicted octanol–water partition coefficient (Wildman–Crippen LogP) is 10.3. The maximum absolute atomic E-state index is 15.0. The van der Waals surface area contributed by atoms with E-state index in [2.05, 4.69) is 62.8 Å². The number of H-pyrrole nitrogens is 1. The SMILES string of the molecule is CC1CC=CN2C(=C1c1ccccc1)c1c(C(=O)Nc3cc(C#N)ccc3N3CCC(NC(=O)C4CCCO4)CC3)[nH]c3cc(Cl)cc(c13)C2c1ccc(Cl)cc1Cl. The number of halogens is 3. The van der Waals surface area contributed by atoms with Crippen LogP contribution in [0, 0.1) is 17.2 Å². The van der Waals surface area contributed by atoms with Gasteiger partial charge in [-0.05, 0) is 103 Å². The molecule has 5 aromatic rings. The van der Waals surface area contributed by atoms with Crippen LogP contribution in [-0.4, -0.2) is 53.5 Å². The molecule has 3 unspecified atom stereocenters. The van der Waals surface area contributed by atoms with E-state index in [0.717, 1.165) is 82.2 Å². The van der Waals surface area contributed by atoms with Crippen LogP contribution in [0.3, 0.4) is 0 Å². The fraction of sp³-hybridized carbons (Fsp3) is 0.283. The van der Waals surface area contributed by atoms with Crippen molar-refractivity contribution in [3.63, 3.8) is 0 Å². The lowest BCUT2D eigenvalue weighted by atomic mass is 9.82. The molecule has 0 aliphatic carbocycles. The lowest BCUT2D eigenvalue weighted by Gasteiger charge is -2.39. The molecule has 5 heterocycles. The number of hydrogen-bond acceptors (Lipinski definition) is 6. The van der Waals surface area contributed by atoms with Crippen molar-refractivity contribution in [3.8, 4) is 6.07 Å². The van der Waals surface area contributed by atoms with Gasteiger partial charge in [-0.15, -0.1) is 0 Å². The van der Waals surface area contributed by atoms with Gasteiger partial charge in [0.2, 0.25) is 5.91 Å². The molecule has 1 aromatic heterocycles. The third kappa shape index (κ3) is 7.02. The van der Waals surface area contributed by atoms with Crippen molar-refractivity contribution < 1.29 is 14.3 Å². The van der Waals surface area contributed by atoms with E-state index in [4.69, 9.17) is 39.5 Å². The van der Waals surface area contributed by atoms with Gasteiger partial charge < -0.3 is 30.2 Å². The van der Waals surface area contributed by atoms with Crippen LogP contribution < -0.4 is 15.5 Å². The third-order valence-electron chi connectivity index (χ3n) is 11.8. The zero-order valence-corrected chi connectivity index (χ0v) is 34.1. The molecule has 0 spiro atoms. The Hall–Kier alpha value is -5.24. The van der Waals surface area contributed by atoms with Gasteiger partial charge in [-0.3, -0.25) is 9.59 Å². The number of piperidine rings is 1. The van der Waals surface area contributed by atoms with Crippen LogP contribution in [0.1, 0.15) is 83.4 Å². The number of rotatable bonds is 7. The van der Waals surface area contributed by atoms with Crippen LogP contribution in [0.25, 0.3) is 22.2 Å². The first-order valence-corrected chi connectivity index (χ1v) is 20.9. The summed E-state index contributed by atoms with van der Waals surface area (Å²) in [7, 11) is 0. The molecule has 58 heavy (non-hydrogen) atoms. The monoisotopic (exact) mass is 830 g/mol. The van der Waals surface area contributed by atoms with Crippen LogP contribution in [0.4, 0.5) is 11.4 Å². The molecule has 2 saturated heterocycles. The second kappa shape index (κ2) is 15.8. The number of nitrogens with zero attached hydrogens (tertiary/aromatic N) is 3. The normalized spacial score (nSPS) is 20.5. The average Bonchev–Trinajstić information content (AvgIpc) is 3.86. The topological polar surface area (TPSA) is 113 Å². The Morgan fingerprint density at radius 2 is 1.74 bits per heavy atom. The molecule has 2 amide bonds. The summed E-state index contributed by atoms with van der Waals surface area (Å²) in [6.45, 7) is 4.15. The number of amides is 2. The van der Waals surface area contributed by atoms with Crippen LogP contribution >= 0.6 is 34.8 Å². The minimum atomic E-state index is -0.391. The van der Waals surface area contributed by atoms with Gasteiger partial charge in [-0.25, -0.2) is 0 Å². The Morgan fingerprint density at radius 3 is 2.48 bits per heavy atom. The highest BCUT2D eigenvalue weighted by atomic mass is 35.5. The van der Waals surface area contributed by atoms with E-state index in [9.17, 15) is 10.1 Å². The van der Waals surface area contributed by atoms with Gasteiger partial charge >= 0.3 is 0 Å². The Morgan fingerprint density at radius 1 is 0.931 bits per heavy atom. The summed E-state index contributed by atoms with van der Waals surface area (Å²) in [5, 5.41) is 18.8. The number of aromatic amines is 1. The minimum Gasteiger partial charge on any atom is -0.370 e. The van der Waals surface area contributed by atoms with E-state index in [-0.39, 0.29) is 29.9 Å². The summed E-state index contributed by atoms with van der Waals surface area (Å²) in [5.41, 5.74) is 8.41. The lowest BCUT2D eigenvalue weighted by Crippen LogP contribution is -2.47. The van der Waals surface area contributed by atoms with Gasteiger partial charge in [0, 0.05) is 63.5 Å². The van der Waals surface area contributed by atoms with Crippen molar-refractivity contribution in [2.24, 2.45) is 5.92 Å². The van der Waals surface area contributed by atoms with Crippen molar-refractivity contribution in [1.29, 1.82) is 5.26 Å². The summed E-state index contributed by atoms with van der Waals surface area (Å²) >= 11 is 20.3. The first-order valence-electron chi connectivity index (χ1n) is 19.8. The zero-order chi connectivity index (χ0) is 40.1. The van der Waals surface area contributed by atoms with Crippen molar-refractivity contribution in [2.75, 3.05) is 29.9 Å². The summed E-state index contributed by atoms with van der Waals surface area (Å²) in [5.74, 6) is -0.307. The number of fused-ring (bicyclic) bond motifs is 2. The quantitative estimate of drug-likeness (QED) is 0.151. The molecule has 4 aliphatic rings. The molecule has 0 saturated carbocycles. The van der Waals surface area contributed by atoms with Crippen LogP contribution in [0.15, 0.2) is 91.1 Å². The number of benzene rings is 4. The molecule has 4 aliphatic heterocycles. The van der Waals surface area contributed by atoms with E-state index >= 15 is 4.79 Å². The minimum absolute atomic E-state index is 0.0301. The average molecular weight is 832 g/mol. The Balaban J connectivity index is 1.15. The molecule has 3 N–H and O–H groups in total. The molecule has 3 atom stereocenters. The Bertz CT molecular complexity index is 2550. The van der Waals surface area contributed by atoms with E-state index < -0.39 is 6.04 Å². The number of nitriles is 1. The van der Waals surface area contributed by atoms with Gasteiger partial charge in [0.1, 0.15) is 11.8 Å². The third-order valence-corrected chi connectivity index (χ3v) is 12.6. The van der Waals surface area contributed by atoms with Gasteiger partial charge in [-0.2, -0.15) is 5.26 Å². The fourth-order valence-corrected chi connectivity index (χ4v) is 9.85. The van der Waals surface area contributed by atoms with E-state index in [0.29, 0.717) is 51.7 Å². The number of ether oxygens (including phenoxy) is 1. The highest BCUT2D eigenvalue weighted by Gasteiger charge is 2.40. The standard InChI is InChI=1S/C46H41Cl3N6O3/c1-26-7-5-17-55-43(32-13-12-29(47)23-34(32)49)33-22-30(48)24-36-40(33)41(44(55)39(26)28-8-3-2-4-9-28)42(52-36)46(57)53-35-21-27(25-50)11-14-37(35)54-18-15-31(16-19-54)51-45(56)38-10-6-20-58-38/h2-5,8-9,11-14,17,21-24,26,31,38,43,52H,6-7,10,15-16,18-20H2,1H3,(H,51,56)(H,53,57). The second-order valence-corrected chi connectivity index (χ2v) is 16.8. The van der Waals surface area contributed by atoms with Gasteiger partial charge in [0.15, 0.2) is 0 Å². The zero-order valence-electron chi connectivity index (χ0n) is 31.8. The first-order chi connectivity index (χ1) is 28.2. The molecule has 12 heteroatoms. The largest absolute Gasteiger partial charge is 0.370 e. The molecular formula is C46H41Cl3N6O3. The second-order valence-electron chi connectivity index (χ2n) is 15.5. The highest BCUT2D eigenvalue weighted by molar-refractivity contribution is 6.35. The number of aromatic nitrogens is 1. The molecule has 294 valence electrons. The van der Waals surface area contributed by atoms with Crippen LogP contribution in [-0.2, 0) is 9.53 Å². The lowest BCUT2D eigenvalue weighted by molar-refractivity contribution is -0.130.